The summed E-state index contributed by atoms with van der Waals surface area (Å²) in [5.41, 5.74) is 0.0950. The zero-order valence-corrected chi connectivity index (χ0v) is 20.2. The van der Waals surface area contributed by atoms with E-state index < -0.39 is 16.0 Å². The summed E-state index contributed by atoms with van der Waals surface area (Å²) < 4.78 is 45.4. The van der Waals surface area contributed by atoms with Crippen LogP contribution in [0.25, 0.3) is 10.9 Å². The molecule has 8 nitrogen and oxygen atoms in total. The molecule has 0 amide bonds. The molecule has 0 unspecified atom stereocenters. The van der Waals surface area contributed by atoms with E-state index in [1.165, 1.54) is 21.3 Å². The van der Waals surface area contributed by atoms with E-state index in [9.17, 15) is 17.6 Å². The topological polar surface area (TPSA) is 96.3 Å². The number of benzene rings is 2. The van der Waals surface area contributed by atoms with Gasteiger partial charge in [-0.15, -0.1) is 0 Å². The summed E-state index contributed by atoms with van der Waals surface area (Å²) in [6, 6.07) is 5.47. The molecule has 0 bridgehead atoms. The molecule has 33 heavy (non-hydrogen) atoms. The van der Waals surface area contributed by atoms with E-state index >= 15 is 0 Å². The van der Waals surface area contributed by atoms with Crippen molar-refractivity contribution in [3.63, 3.8) is 0 Å². The summed E-state index contributed by atoms with van der Waals surface area (Å²) in [6.07, 6.45) is 3.06. The van der Waals surface area contributed by atoms with E-state index in [1.54, 1.807) is 19.2 Å². The number of fused-ring (bicyclic) bond motifs is 1. The number of aryl methyl sites for hydroxylation is 1. The molecule has 1 fully saturated rings. The summed E-state index contributed by atoms with van der Waals surface area (Å²) in [6.45, 7) is 2.85. The minimum Gasteiger partial charge on any atom is -0.351 e. The van der Waals surface area contributed by atoms with E-state index in [2.05, 4.69) is 15.0 Å². The Labute approximate surface area is 200 Å². The number of hydrogen-bond donors (Lipinski definition) is 2. The summed E-state index contributed by atoms with van der Waals surface area (Å²) >= 11 is 12.8. The van der Waals surface area contributed by atoms with E-state index in [0.717, 1.165) is 18.9 Å². The van der Waals surface area contributed by atoms with Crippen LogP contribution in [0.5, 0.6) is 0 Å². The third-order valence-corrected chi connectivity index (χ3v) is 8.05. The first-order chi connectivity index (χ1) is 15.6. The fraction of sp³-hybridized carbons (Fsp3) is 0.333. The van der Waals surface area contributed by atoms with Crippen molar-refractivity contribution in [3.8, 4) is 0 Å². The average Bonchev–Trinajstić information content (AvgIpc) is 3.27. The van der Waals surface area contributed by atoms with Gasteiger partial charge >= 0.3 is 10.2 Å². The van der Waals surface area contributed by atoms with Crippen molar-refractivity contribution in [3.05, 3.63) is 56.8 Å². The Morgan fingerprint density at radius 1 is 1.18 bits per heavy atom. The van der Waals surface area contributed by atoms with Crippen molar-refractivity contribution in [2.75, 3.05) is 23.1 Å². The monoisotopic (exact) mass is 513 g/mol. The van der Waals surface area contributed by atoms with Crippen LogP contribution in [0.2, 0.25) is 10.0 Å². The van der Waals surface area contributed by atoms with E-state index in [1.807, 2.05) is 6.92 Å². The Hall–Kier alpha value is -2.40. The molecule has 1 aliphatic heterocycles. The van der Waals surface area contributed by atoms with E-state index in [4.69, 9.17) is 23.2 Å². The predicted octanol–water partition coefficient (Wildman–Crippen LogP) is 4.51. The van der Waals surface area contributed by atoms with Gasteiger partial charge in [0.15, 0.2) is 0 Å². The maximum atomic E-state index is 14.7. The lowest BCUT2D eigenvalue weighted by atomic mass is 10.1. The molecule has 1 aromatic heterocycles. The highest BCUT2D eigenvalue weighted by atomic mass is 35.5. The van der Waals surface area contributed by atoms with Crippen LogP contribution in [0.15, 0.2) is 35.4 Å². The van der Waals surface area contributed by atoms with Gasteiger partial charge in [-0.2, -0.15) is 12.7 Å². The first kappa shape index (κ1) is 23.7. The molecule has 2 N–H and O–H groups in total. The third kappa shape index (κ3) is 4.52. The minimum atomic E-state index is -3.86. The Balaban J connectivity index is 1.68. The van der Waals surface area contributed by atoms with Gasteiger partial charge in [-0.05, 0) is 36.6 Å². The van der Waals surface area contributed by atoms with Crippen molar-refractivity contribution in [2.45, 2.75) is 19.8 Å². The second kappa shape index (κ2) is 9.09. The van der Waals surface area contributed by atoms with Crippen molar-refractivity contribution in [1.82, 2.24) is 13.9 Å². The summed E-state index contributed by atoms with van der Waals surface area (Å²) in [5, 5.41) is 2.84. The van der Waals surface area contributed by atoms with Gasteiger partial charge in [0.25, 0.3) is 5.56 Å². The zero-order chi connectivity index (χ0) is 23.9. The molecule has 0 radical (unpaired) electrons. The maximum absolute atomic E-state index is 14.7. The van der Waals surface area contributed by atoms with Crippen LogP contribution in [0.1, 0.15) is 19.8 Å². The molecule has 1 aliphatic rings. The lowest BCUT2D eigenvalue weighted by Gasteiger charge is -2.20. The molecule has 1 atom stereocenters. The lowest BCUT2D eigenvalue weighted by Crippen LogP contribution is -2.34. The van der Waals surface area contributed by atoms with Crippen LogP contribution >= 0.6 is 23.2 Å². The quantitative estimate of drug-likeness (QED) is 0.505. The van der Waals surface area contributed by atoms with E-state index in [-0.39, 0.29) is 38.1 Å². The molecule has 12 heteroatoms. The number of nitrogens with one attached hydrogen (secondary N) is 2. The zero-order valence-electron chi connectivity index (χ0n) is 17.9. The summed E-state index contributed by atoms with van der Waals surface area (Å²) in [7, 11) is -2.32. The number of aromatic nitrogens is 2. The Bertz CT molecular complexity index is 1400. The molecular weight excluding hydrogens is 492 g/mol. The van der Waals surface area contributed by atoms with E-state index in [0.29, 0.717) is 24.5 Å². The van der Waals surface area contributed by atoms with Crippen LogP contribution in [0.4, 0.5) is 21.5 Å². The predicted molar refractivity (Wildman–Crippen MR) is 129 cm³/mol. The summed E-state index contributed by atoms with van der Waals surface area (Å²) in [5.74, 6) is -0.412. The molecule has 0 saturated carbocycles. The van der Waals surface area contributed by atoms with Crippen LogP contribution < -0.4 is 15.6 Å². The van der Waals surface area contributed by atoms with Gasteiger partial charge in [0, 0.05) is 20.1 Å². The van der Waals surface area contributed by atoms with Gasteiger partial charge < -0.3 is 9.88 Å². The van der Waals surface area contributed by atoms with Crippen LogP contribution in [-0.2, 0) is 17.3 Å². The second-order valence-electron chi connectivity index (χ2n) is 7.92. The summed E-state index contributed by atoms with van der Waals surface area (Å²) in [4.78, 5) is 16.7. The molecule has 2 heterocycles. The van der Waals surface area contributed by atoms with Crippen LogP contribution in [-0.4, -0.2) is 35.4 Å². The van der Waals surface area contributed by atoms with Crippen molar-refractivity contribution < 1.29 is 12.8 Å². The first-order valence-electron chi connectivity index (χ1n) is 10.3. The van der Waals surface area contributed by atoms with Gasteiger partial charge in [0.1, 0.15) is 5.82 Å². The third-order valence-electron chi connectivity index (χ3n) is 5.78. The standard InChI is InChI=1S/C21H22Cl2FN5O3S/c1-3-12-8-9-29(10-12)33(31,32)27-16-5-4-13(24)20(19(16)23)26-15-7-6-14-17(18(15)22)21(30)28(2)11-25-14/h4-7,11-12,26-27H,3,8-10H2,1-2H3/t12-/m1/s1. The normalized spacial score (nSPS) is 16.9. The van der Waals surface area contributed by atoms with Crippen molar-refractivity contribution in [2.24, 2.45) is 13.0 Å². The average molecular weight is 514 g/mol. The van der Waals surface area contributed by atoms with Gasteiger partial charge in [-0.25, -0.2) is 9.37 Å². The molecule has 3 aromatic rings. The highest BCUT2D eigenvalue weighted by Gasteiger charge is 2.31. The maximum Gasteiger partial charge on any atom is 0.301 e. The molecule has 1 saturated heterocycles. The van der Waals surface area contributed by atoms with Gasteiger partial charge in [-0.1, -0.05) is 36.5 Å². The number of anilines is 3. The van der Waals surface area contributed by atoms with Crippen molar-refractivity contribution in [1.29, 1.82) is 0 Å². The molecule has 0 aliphatic carbocycles. The largest absolute Gasteiger partial charge is 0.351 e. The molecule has 2 aromatic carbocycles. The van der Waals surface area contributed by atoms with Crippen LogP contribution in [0, 0.1) is 11.7 Å². The van der Waals surface area contributed by atoms with Gasteiger partial charge in [0.05, 0.1) is 44.3 Å². The fourth-order valence-electron chi connectivity index (χ4n) is 3.78. The van der Waals surface area contributed by atoms with Gasteiger partial charge in [0.2, 0.25) is 0 Å². The Kier molecular flexibility index (Phi) is 6.54. The minimum absolute atomic E-state index is 0.0232. The highest BCUT2D eigenvalue weighted by Crippen LogP contribution is 2.38. The molecular formula is C21H22Cl2FN5O3S. The van der Waals surface area contributed by atoms with Crippen molar-refractivity contribution >= 4 is 61.4 Å². The molecule has 0 spiro atoms. The highest BCUT2D eigenvalue weighted by molar-refractivity contribution is 7.90. The van der Waals surface area contributed by atoms with Crippen LogP contribution in [0.3, 0.4) is 0 Å². The SMILES string of the molecule is CC[C@@H]1CCN(S(=O)(=O)Nc2ccc(F)c(Nc3ccc4ncn(C)c(=O)c4c3Cl)c2Cl)C1. The second-order valence-corrected chi connectivity index (χ2v) is 10.3. The smallest absolute Gasteiger partial charge is 0.301 e. The number of hydrogen-bond acceptors (Lipinski definition) is 5. The lowest BCUT2D eigenvalue weighted by molar-refractivity contribution is 0.457. The number of rotatable bonds is 6. The molecule has 4 rings (SSSR count). The first-order valence-corrected chi connectivity index (χ1v) is 12.5. The fourth-order valence-corrected chi connectivity index (χ4v) is 5.71. The number of nitrogens with zero attached hydrogens (tertiary/aromatic N) is 3. The Morgan fingerprint density at radius 2 is 1.91 bits per heavy atom. The number of halogens is 3. The molecule has 176 valence electrons. The van der Waals surface area contributed by atoms with Gasteiger partial charge in [-0.3, -0.25) is 9.52 Å². The Morgan fingerprint density at radius 3 is 2.61 bits per heavy atom.